The quantitative estimate of drug-likeness (QED) is 0.919. The molecule has 0 amide bonds. The van der Waals surface area contributed by atoms with Crippen LogP contribution in [0.15, 0.2) is 28.7 Å². The zero-order valence-corrected chi connectivity index (χ0v) is 10.9. The summed E-state index contributed by atoms with van der Waals surface area (Å²) < 4.78 is 1.07. The number of rotatable bonds is 4. The summed E-state index contributed by atoms with van der Waals surface area (Å²) in [5.74, 6) is 0. The Balaban J connectivity index is 2.05. The van der Waals surface area contributed by atoms with E-state index in [1.807, 2.05) is 19.1 Å². The molecular weight excluding hydrogens is 264 g/mol. The van der Waals surface area contributed by atoms with Crippen molar-refractivity contribution in [3.8, 4) is 6.07 Å². The first-order valence-electron chi connectivity index (χ1n) is 5.55. The lowest BCUT2D eigenvalue weighted by molar-refractivity contribution is 0.441. The molecule has 84 valence electrons. The van der Waals surface area contributed by atoms with Gasteiger partial charge in [0.05, 0.1) is 6.07 Å². The van der Waals surface area contributed by atoms with Crippen molar-refractivity contribution >= 4 is 15.9 Å². The van der Waals surface area contributed by atoms with Crippen LogP contribution in [0, 0.1) is 11.3 Å². The van der Waals surface area contributed by atoms with Crippen LogP contribution < -0.4 is 5.32 Å². The van der Waals surface area contributed by atoms with Gasteiger partial charge < -0.3 is 0 Å². The number of benzene rings is 1. The van der Waals surface area contributed by atoms with E-state index >= 15 is 0 Å². The van der Waals surface area contributed by atoms with Gasteiger partial charge in [-0.1, -0.05) is 28.1 Å². The Morgan fingerprint density at radius 2 is 2.06 bits per heavy atom. The zero-order valence-electron chi connectivity index (χ0n) is 9.33. The number of hydrogen-bond acceptors (Lipinski definition) is 2. The van der Waals surface area contributed by atoms with Gasteiger partial charge in [0, 0.05) is 16.9 Å². The summed E-state index contributed by atoms with van der Waals surface area (Å²) in [6.07, 6.45) is 3.17. The minimum Gasteiger partial charge on any atom is -0.297 e. The summed E-state index contributed by atoms with van der Waals surface area (Å²) >= 11 is 3.41. The van der Waals surface area contributed by atoms with Gasteiger partial charge in [-0.2, -0.15) is 5.26 Å². The van der Waals surface area contributed by atoms with Gasteiger partial charge >= 0.3 is 0 Å². The van der Waals surface area contributed by atoms with Crippen LogP contribution in [0.2, 0.25) is 0 Å². The molecule has 0 radical (unpaired) electrons. The van der Waals surface area contributed by atoms with Crippen molar-refractivity contribution in [2.75, 3.05) is 0 Å². The Hall–Kier alpha value is -0.850. The predicted octanol–water partition coefficient (Wildman–Crippen LogP) is 3.03. The Kier molecular flexibility index (Phi) is 3.32. The van der Waals surface area contributed by atoms with Gasteiger partial charge in [-0.15, -0.1) is 0 Å². The van der Waals surface area contributed by atoms with E-state index in [0.717, 1.165) is 10.9 Å². The van der Waals surface area contributed by atoms with Gasteiger partial charge in [-0.05, 0) is 37.5 Å². The van der Waals surface area contributed by atoms with Crippen LogP contribution in [0.3, 0.4) is 0 Å². The molecule has 0 bridgehead atoms. The van der Waals surface area contributed by atoms with Gasteiger partial charge in [0.15, 0.2) is 0 Å². The number of nitrogens with zero attached hydrogens (tertiary/aromatic N) is 1. The third kappa shape index (κ3) is 3.07. The highest BCUT2D eigenvalue weighted by Gasteiger charge is 2.32. The van der Waals surface area contributed by atoms with Crippen molar-refractivity contribution in [2.24, 2.45) is 0 Å². The number of halogens is 1. The molecule has 1 aromatic rings. The molecule has 2 rings (SSSR count). The largest absolute Gasteiger partial charge is 0.297 e. The first-order chi connectivity index (χ1) is 7.61. The zero-order chi connectivity index (χ0) is 11.6. The van der Waals surface area contributed by atoms with E-state index in [1.54, 1.807) is 0 Å². The molecule has 1 fully saturated rings. The molecule has 0 spiro atoms. The van der Waals surface area contributed by atoms with E-state index in [2.05, 4.69) is 39.4 Å². The summed E-state index contributed by atoms with van der Waals surface area (Å²) in [6, 6.07) is 11.1. The lowest BCUT2D eigenvalue weighted by atomic mass is 9.94. The van der Waals surface area contributed by atoms with Crippen LogP contribution >= 0.6 is 15.9 Å². The topological polar surface area (TPSA) is 35.8 Å². The highest BCUT2D eigenvalue weighted by Crippen LogP contribution is 2.24. The maximum Gasteiger partial charge on any atom is 0.108 e. The van der Waals surface area contributed by atoms with E-state index in [9.17, 15) is 5.26 Å². The lowest BCUT2D eigenvalue weighted by Crippen LogP contribution is -2.44. The second-order valence-corrected chi connectivity index (χ2v) is 5.58. The van der Waals surface area contributed by atoms with E-state index in [1.165, 1.54) is 18.4 Å². The van der Waals surface area contributed by atoms with Crippen LogP contribution in [0.25, 0.3) is 0 Å². The van der Waals surface area contributed by atoms with Gasteiger partial charge in [-0.25, -0.2) is 0 Å². The van der Waals surface area contributed by atoms with Crippen LogP contribution in [0.1, 0.15) is 25.3 Å². The van der Waals surface area contributed by atoms with Gasteiger partial charge in [-0.3, -0.25) is 5.32 Å². The standard InChI is InChI=1S/C13H15BrN2/c1-13(9-15,16-12-6-7-12)8-10-2-4-11(14)5-3-10/h2-5,12,16H,6-8H2,1H3. The fraction of sp³-hybridized carbons (Fsp3) is 0.462. The Bertz CT molecular complexity index is 403. The van der Waals surface area contributed by atoms with E-state index in [4.69, 9.17) is 0 Å². The van der Waals surface area contributed by atoms with E-state index in [0.29, 0.717) is 6.04 Å². The van der Waals surface area contributed by atoms with E-state index < -0.39 is 5.54 Å². The maximum atomic E-state index is 9.26. The molecule has 0 aromatic heterocycles. The summed E-state index contributed by atoms with van der Waals surface area (Å²) in [5, 5.41) is 12.7. The minimum atomic E-state index is -0.436. The molecule has 1 N–H and O–H groups in total. The Labute approximate surface area is 105 Å². The molecule has 0 saturated heterocycles. The van der Waals surface area contributed by atoms with Crippen molar-refractivity contribution in [1.82, 2.24) is 5.32 Å². The fourth-order valence-corrected chi connectivity index (χ4v) is 2.08. The number of nitriles is 1. The number of hydrogen-bond donors (Lipinski definition) is 1. The Morgan fingerprint density at radius 1 is 1.44 bits per heavy atom. The summed E-state index contributed by atoms with van der Waals surface area (Å²) in [5.41, 5.74) is 0.759. The molecule has 1 aliphatic carbocycles. The summed E-state index contributed by atoms with van der Waals surface area (Å²) in [4.78, 5) is 0. The second-order valence-electron chi connectivity index (χ2n) is 4.67. The average molecular weight is 279 g/mol. The third-order valence-corrected chi connectivity index (χ3v) is 3.35. The first-order valence-corrected chi connectivity index (χ1v) is 6.34. The summed E-state index contributed by atoms with van der Waals surface area (Å²) in [7, 11) is 0. The van der Waals surface area contributed by atoms with Crippen molar-refractivity contribution < 1.29 is 0 Å². The van der Waals surface area contributed by atoms with Gasteiger partial charge in [0.2, 0.25) is 0 Å². The molecule has 1 saturated carbocycles. The van der Waals surface area contributed by atoms with Gasteiger partial charge in [0.1, 0.15) is 5.54 Å². The second kappa shape index (κ2) is 4.57. The van der Waals surface area contributed by atoms with Crippen molar-refractivity contribution in [3.05, 3.63) is 34.3 Å². The van der Waals surface area contributed by atoms with Crippen LogP contribution in [0.5, 0.6) is 0 Å². The average Bonchev–Trinajstić information content (AvgIpc) is 3.05. The normalized spacial score (nSPS) is 18.8. The lowest BCUT2D eigenvalue weighted by Gasteiger charge is -2.23. The first kappa shape index (κ1) is 11.6. The highest BCUT2D eigenvalue weighted by molar-refractivity contribution is 9.10. The predicted molar refractivity (Wildman–Crippen MR) is 68.0 cm³/mol. The van der Waals surface area contributed by atoms with Crippen LogP contribution in [0.4, 0.5) is 0 Å². The van der Waals surface area contributed by atoms with Crippen LogP contribution in [-0.4, -0.2) is 11.6 Å². The molecule has 0 heterocycles. The number of nitrogens with one attached hydrogen (secondary N) is 1. The van der Waals surface area contributed by atoms with Crippen molar-refractivity contribution in [2.45, 2.75) is 37.8 Å². The molecule has 1 aromatic carbocycles. The molecule has 1 atom stereocenters. The van der Waals surface area contributed by atoms with Gasteiger partial charge in [0.25, 0.3) is 0 Å². The fourth-order valence-electron chi connectivity index (χ4n) is 1.81. The molecule has 1 aliphatic rings. The smallest absolute Gasteiger partial charge is 0.108 e. The molecule has 2 nitrogen and oxygen atoms in total. The summed E-state index contributed by atoms with van der Waals surface area (Å²) in [6.45, 7) is 1.98. The monoisotopic (exact) mass is 278 g/mol. The highest BCUT2D eigenvalue weighted by atomic mass is 79.9. The third-order valence-electron chi connectivity index (χ3n) is 2.82. The minimum absolute atomic E-state index is 0.436. The SMILES string of the molecule is CC(C#N)(Cc1ccc(Br)cc1)NC1CC1. The van der Waals surface area contributed by atoms with E-state index in [-0.39, 0.29) is 0 Å². The van der Waals surface area contributed by atoms with Crippen LogP contribution in [-0.2, 0) is 6.42 Å². The Morgan fingerprint density at radius 3 is 2.56 bits per heavy atom. The molecule has 0 aliphatic heterocycles. The maximum absolute atomic E-state index is 9.26. The molecule has 16 heavy (non-hydrogen) atoms. The van der Waals surface area contributed by atoms with Crippen molar-refractivity contribution in [3.63, 3.8) is 0 Å². The van der Waals surface area contributed by atoms with Crippen molar-refractivity contribution in [1.29, 1.82) is 5.26 Å². The molecule has 3 heteroatoms. The molecule has 1 unspecified atom stereocenters. The molecular formula is C13H15BrN2.